The van der Waals surface area contributed by atoms with Crippen LogP contribution in [0.1, 0.15) is 5.82 Å². The monoisotopic (exact) mass is 270 g/mol. The first kappa shape index (κ1) is 10.3. The number of fused-ring (bicyclic) bond motifs is 1. The molecule has 0 atom stereocenters. The summed E-state index contributed by atoms with van der Waals surface area (Å²) in [5, 5.41) is 0.897. The van der Waals surface area contributed by atoms with Crippen LogP contribution < -0.4 is 5.56 Å². The molecule has 0 aliphatic carbocycles. The second-order valence-electron chi connectivity index (χ2n) is 3.19. The van der Waals surface area contributed by atoms with E-state index in [1.807, 2.05) is 0 Å². The fraction of sp³-hybridized carbons (Fsp3) is 0.200. The molecule has 3 nitrogen and oxygen atoms in total. The molecule has 2 rings (SSSR count). The topological polar surface area (TPSA) is 34.9 Å². The maximum atomic E-state index is 12.9. The van der Waals surface area contributed by atoms with E-state index in [0.29, 0.717) is 22.1 Å². The van der Waals surface area contributed by atoms with Gasteiger partial charge >= 0.3 is 0 Å². The lowest BCUT2D eigenvalue weighted by molar-refractivity contribution is 0.629. The van der Waals surface area contributed by atoms with Crippen LogP contribution in [0, 0.1) is 5.82 Å². The van der Waals surface area contributed by atoms with E-state index < -0.39 is 0 Å². The summed E-state index contributed by atoms with van der Waals surface area (Å²) < 4.78 is 14.4. The molecule has 0 bridgehead atoms. The van der Waals surface area contributed by atoms with Gasteiger partial charge in [-0.15, -0.1) is 0 Å². The van der Waals surface area contributed by atoms with Crippen molar-refractivity contribution in [1.82, 2.24) is 9.55 Å². The van der Waals surface area contributed by atoms with E-state index in [-0.39, 0.29) is 11.4 Å². The molecule has 0 unspecified atom stereocenters. The van der Waals surface area contributed by atoms with Gasteiger partial charge in [0.1, 0.15) is 11.6 Å². The van der Waals surface area contributed by atoms with Crippen LogP contribution in [0.4, 0.5) is 4.39 Å². The lowest BCUT2D eigenvalue weighted by Gasteiger charge is -2.06. The summed E-state index contributed by atoms with van der Waals surface area (Å²) in [6, 6.07) is 3.99. The van der Waals surface area contributed by atoms with Crippen molar-refractivity contribution in [1.29, 1.82) is 0 Å². The molecule has 0 N–H and O–H groups in total. The fourth-order valence-corrected chi connectivity index (χ4v) is 1.91. The van der Waals surface area contributed by atoms with E-state index in [1.165, 1.54) is 22.8 Å². The highest BCUT2D eigenvalue weighted by atomic mass is 79.9. The van der Waals surface area contributed by atoms with Gasteiger partial charge in [0.2, 0.25) is 0 Å². The lowest BCUT2D eigenvalue weighted by atomic mass is 10.2. The number of halogens is 2. The van der Waals surface area contributed by atoms with Gasteiger partial charge in [0.15, 0.2) is 0 Å². The van der Waals surface area contributed by atoms with Crippen molar-refractivity contribution in [2.45, 2.75) is 5.33 Å². The Morgan fingerprint density at radius 3 is 2.93 bits per heavy atom. The molecule has 0 fully saturated rings. The number of alkyl halides is 1. The van der Waals surface area contributed by atoms with Gasteiger partial charge in [-0.1, -0.05) is 15.9 Å². The van der Waals surface area contributed by atoms with E-state index in [9.17, 15) is 9.18 Å². The molecule has 2 aromatic rings. The lowest BCUT2D eigenvalue weighted by Crippen LogP contribution is -2.21. The third kappa shape index (κ3) is 1.67. The summed E-state index contributed by atoms with van der Waals surface area (Å²) in [6.07, 6.45) is 0. The Labute approximate surface area is 93.7 Å². The summed E-state index contributed by atoms with van der Waals surface area (Å²) in [5.74, 6) is 0.196. The Morgan fingerprint density at radius 1 is 1.53 bits per heavy atom. The van der Waals surface area contributed by atoms with Gasteiger partial charge in [0, 0.05) is 13.1 Å². The number of nitrogens with zero attached hydrogens (tertiary/aromatic N) is 2. The van der Waals surface area contributed by atoms with E-state index in [1.54, 1.807) is 7.05 Å². The Balaban J connectivity index is 2.91. The second-order valence-corrected chi connectivity index (χ2v) is 3.75. The molecule has 5 heteroatoms. The van der Waals surface area contributed by atoms with Crippen LogP contribution in [-0.4, -0.2) is 9.55 Å². The maximum absolute atomic E-state index is 12.9. The van der Waals surface area contributed by atoms with Crippen molar-refractivity contribution < 1.29 is 4.39 Å². The predicted molar refractivity (Wildman–Crippen MR) is 59.6 cm³/mol. The van der Waals surface area contributed by atoms with Gasteiger partial charge in [-0.25, -0.2) is 9.37 Å². The molecule has 0 aliphatic rings. The van der Waals surface area contributed by atoms with Crippen molar-refractivity contribution in [3.8, 4) is 0 Å². The highest BCUT2D eigenvalue weighted by Gasteiger charge is 2.07. The van der Waals surface area contributed by atoms with Crippen molar-refractivity contribution in [3.63, 3.8) is 0 Å². The SMILES string of the molecule is Cn1c(CBr)nc2cc(F)ccc2c1=O. The normalized spacial score (nSPS) is 10.9. The number of rotatable bonds is 1. The molecule has 15 heavy (non-hydrogen) atoms. The van der Waals surface area contributed by atoms with Crippen LogP contribution in [-0.2, 0) is 12.4 Å². The van der Waals surface area contributed by atoms with Crippen LogP contribution >= 0.6 is 15.9 Å². The van der Waals surface area contributed by atoms with E-state index >= 15 is 0 Å². The molecule has 0 aliphatic heterocycles. The highest BCUT2D eigenvalue weighted by Crippen LogP contribution is 2.11. The standard InChI is InChI=1S/C10H8BrFN2O/c1-14-9(5-11)13-8-4-6(12)2-3-7(8)10(14)15/h2-4H,5H2,1H3. The van der Waals surface area contributed by atoms with Crippen LogP contribution in [0.15, 0.2) is 23.0 Å². The molecular formula is C10H8BrFN2O. The highest BCUT2D eigenvalue weighted by molar-refractivity contribution is 9.08. The predicted octanol–water partition coefficient (Wildman–Crippen LogP) is 1.97. The minimum absolute atomic E-state index is 0.158. The van der Waals surface area contributed by atoms with Gasteiger partial charge in [-0.3, -0.25) is 9.36 Å². The van der Waals surface area contributed by atoms with Crippen LogP contribution in [0.25, 0.3) is 10.9 Å². The molecule has 1 aromatic heterocycles. The molecule has 0 radical (unpaired) electrons. The van der Waals surface area contributed by atoms with Crippen molar-refractivity contribution in [2.75, 3.05) is 0 Å². The smallest absolute Gasteiger partial charge is 0.261 e. The molecule has 1 aromatic carbocycles. The number of aromatic nitrogens is 2. The van der Waals surface area contributed by atoms with E-state index in [4.69, 9.17) is 0 Å². The van der Waals surface area contributed by atoms with Gasteiger partial charge in [0.25, 0.3) is 5.56 Å². The average molecular weight is 271 g/mol. The Morgan fingerprint density at radius 2 is 2.27 bits per heavy atom. The zero-order chi connectivity index (χ0) is 11.0. The van der Waals surface area contributed by atoms with Gasteiger partial charge in [-0.2, -0.15) is 0 Å². The van der Waals surface area contributed by atoms with Crippen molar-refractivity contribution in [3.05, 3.63) is 40.2 Å². The first-order valence-corrected chi connectivity index (χ1v) is 5.47. The van der Waals surface area contributed by atoms with Crippen molar-refractivity contribution in [2.24, 2.45) is 7.05 Å². The zero-order valence-corrected chi connectivity index (χ0v) is 9.58. The first-order valence-electron chi connectivity index (χ1n) is 4.34. The number of hydrogen-bond donors (Lipinski definition) is 0. The largest absolute Gasteiger partial charge is 0.299 e. The maximum Gasteiger partial charge on any atom is 0.261 e. The van der Waals surface area contributed by atoms with Gasteiger partial charge in [0.05, 0.1) is 16.2 Å². The molecule has 0 spiro atoms. The number of benzene rings is 1. The molecule has 0 saturated carbocycles. The summed E-state index contributed by atoms with van der Waals surface area (Å²) in [6.45, 7) is 0. The summed E-state index contributed by atoms with van der Waals surface area (Å²) in [5.41, 5.74) is 0.238. The molecule has 0 saturated heterocycles. The first-order chi connectivity index (χ1) is 7.13. The summed E-state index contributed by atoms with van der Waals surface area (Å²) >= 11 is 3.23. The second kappa shape index (κ2) is 3.73. The average Bonchev–Trinajstić information content (AvgIpc) is 2.23. The third-order valence-electron chi connectivity index (χ3n) is 2.25. The molecule has 78 valence electrons. The van der Waals surface area contributed by atoms with Crippen LogP contribution in [0.5, 0.6) is 0 Å². The summed E-state index contributed by atoms with van der Waals surface area (Å²) in [7, 11) is 1.65. The van der Waals surface area contributed by atoms with Crippen LogP contribution in [0.2, 0.25) is 0 Å². The Hall–Kier alpha value is -1.23. The number of hydrogen-bond acceptors (Lipinski definition) is 2. The fourth-order valence-electron chi connectivity index (χ4n) is 1.41. The minimum Gasteiger partial charge on any atom is -0.299 e. The van der Waals surface area contributed by atoms with E-state index in [0.717, 1.165) is 0 Å². The Kier molecular flexibility index (Phi) is 2.56. The van der Waals surface area contributed by atoms with Crippen LogP contribution in [0.3, 0.4) is 0 Å². The van der Waals surface area contributed by atoms with Gasteiger partial charge < -0.3 is 0 Å². The van der Waals surface area contributed by atoms with Crippen molar-refractivity contribution >= 4 is 26.8 Å². The zero-order valence-electron chi connectivity index (χ0n) is 8.00. The van der Waals surface area contributed by atoms with Gasteiger partial charge in [-0.05, 0) is 12.1 Å². The Bertz CT molecular complexity index is 579. The van der Waals surface area contributed by atoms with E-state index in [2.05, 4.69) is 20.9 Å². The molecule has 1 heterocycles. The molecule has 0 amide bonds. The molecular weight excluding hydrogens is 263 g/mol. The third-order valence-corrected chi connectivity index (χ3v) is 2.75. The summed E-state index contributed by atoms with van der Waals surface area (Å²) in [4.78, 5) is 16.0. The quantitative estimate of drug-likeness (QED) is 0.743. The minimum atomic E-state index is -0.385.